The zero-order valence-electron chi connectivity index (χ0n) is 20.0. The van der Waals surface area contributed by atoms with E-state index in [1.807, 2.05) is 0 Å². The van der Waals surface area contributed by atoms with Gasteiger partial charge in [0.05, 0.1) is 57.3 Å². The minimum Gasteiger partial charge on any atom is -0.493 e. The maximum Gasteiger partial charge on any atom is 0.309 e. The van der Waals surface area contributed by atoms with Crippen molar-refractivity contribution in [2.45, 2.75) is 26.7 Å². The Morgan fingerprint density at radius 3 is 2.20 bits per heavy atom. The maximum absolute atomic E-state index is 13.2. The van der Waals surface area contributed by atoms with E-state index >= 15 is 0 Å². The van der Waals surface area contributed by atoms with E-state index in [-0.39, 0.29) is 43.4 Å². The third-order valence-electron chi connectivity index (χ3n) is 4.97. The van der Waals surface area contributed by atoms with Crippen molar-refractivity contribution in [3.63, 3.8) is 0 Å². The van der Waals surface area contributed by atoms with E-state index in [9.17, 15) is 14.4 Å². The van der Waals surface area contributed by atoms with Crippen LogP contribution < -0.4 is 19.6 Å². The summed E-state index contributed by atoms with van der Waals surface area (Å²) in [4.78, 5) is 36.2. The van der Waals surface area contributed by atoms with Crippen LogP contribution in [0, 0.1) is 0 Å². The molecule has 35 heavy (non-hydrogen) atoms. The van der Waals surface area contributed by atoms with Gasteiger partial charge in [-0.1, -0.05) is 6.07 Å². The van der Waals surface area contributed by atoms with E-state index in [2.05, 4.69) is 0 Å². The molecule has 0 atom stereocenters. The molecule has 0 aliphatic heterocycles. The van der Waals surface area contributed by atoms with Crippen LogP contribution in [0.25, 0.3) is 22.1 Å². The molecule has 9 heteroatoms. The molecule has 3 rings (SSSR count). The summed E-state index contributed by atoms with van der Waals surface area (Å²) in [6, 6.07) is 9.93. The molecule has 9 nitrogen and oxygen atoms in total. The highest BCUT2D eigenvalue weighted by atomic mass is 16.5. The van der Waals surface area contributed by atoms with Crippen molar-refractivity contribution in [3.05, 3.63) is 52.9 Å². The van der Waals surface area contributed by atoms with Crippen LogP contribution in [0.3, 0.4) is 0 Å². The third-order valence-corrected chi connectivity index (χ3v) is 4.97. The summed E-state index contributed by atoms with van der Waals surface area (Å²) in [5, 5.41) is 0.376. The summed E-state index contributed by atoms with van der Waals surface area (Å²) in [5.74, 6) is 0.626. The number of hydrogen-bond donors (Lipinski definition) is 0. The Morgan fingerprint density at radius 2 is 1.54 bits per heavy atom. The fraction of sp³-hybridized carbons (Fsp3) is 0.346. The molecule has 0 unspecified atom stereocenters. The predicted molar refractivity (Wildman–Crippen MR) is 128 cm³/mol. The minimum atomic E-state index is -0.359. The van der Waals surface area contributed by atoms with Gasteiger partial charge in [-0.3, -0.25) is 14.4 Å². The molecule has 2 aromatic carbocycles. The zero-order valence-corrected chi connectivity index (χ0v) is 20.0. The fourth-order valence-corrected chi connectivity index (χ4v) is 3.32. The SMILES string of the molecule is CCOC(=O)CCOc1ccc2c(=O)c(-c3ccc(OC)c(OCCC(=O)OCC)c3)coc2c1. The Hall–Kier alpha value is -4.01. The molecule has 0 N–H and O–H groups in total. The molecule has 0 saturated carbocycles. The molecule has 1 heterocycles. The van der Waals surface area contributed by atoms with Crippen LogP contribution in [-0.4, -0.2) is 45.5 Å². The van der Waals surface area contributed by atoms with Crippen LogP contribution in [0.2, 0.25) is 0 Å². The molecule has 1 aromatic heterocycles. The van der Waals surface area contributed by atoms with Gasteiger partial charge in [0.15, 0.2) is 16.9 Å². The van der Waals surface area contributed by atoms with Crippen molar-refractivity contribution in [3.8, 4) is 28.4 Å². The second-order valence-corrected chi connectivity index (χ2v) is 7.31. The Kier molecular flexibility index (Phi) is 9.11. The lowest BCUT2D eigenvalue weighted by molar-refractivity contribution is -0.144. The van der Waals surface area contributed by atoms with Crippen molar-refractivity contribution < 1.29 is 37.7 Å². The lowest BCUT2D eigenvalue weighted by atomic mass is 10.0. The fourth-order valence-electron chi connectivity index (χ4n) is 3.32. The second kappa shape index (κ2) is 12.5. The predicted octanol–water partition coefficient (Wildman–Crippen LogP) is 4.13. The van der Waals surface area contributed by atoms with Crippen molar-refractivity contribution >= 4 is 22.9 Å². The van der Waals surface area contributed by atoms with Gasteiger partial charge in [0.25, 0.3) is 0 Å². The van der Waals surface area contributed by atoms with Crippen LogP contribution in [0.5, 0.6) is 17.2 Å². The monoisotopic (exact) mass is 484 g/mol. The normalized spacial score (nSPS) is 10.6. The van der Waals surface area contributed by atoms with E-state index in [4.69, 9.17) is 28.1 Å². The van der Waals surface area contributed by atoms with E-state index < -0.39 is 0 Å². The first-order chi connectivity index (χ1) is 17.0. The van der Waals surface area contributed by atoms with Gasteiger partial charge in [-0.05, 0) is 43.7 Å². The molecule has 0 fully saturated rings. The average Bonchev–Trinajstić information content (AvgIpc) is 2.84. The first kappa shape index (κ1) is 25.6. The van der Waals surface area contributed by atoms with Gasteiger partial charge >= 0.3 is 11.9 Å². The van der Waals surface area contributed by atoms with Crippen LogP contribution >= 0.6 is 0 Å². The van der Waals surface area contributed by atoms with Crippen molar-refractivity contribution in [2.75, 3.05) is 33.5 Å². The molecule has 0 bridgehead atoms. The van der Waals surface area contributed by atoms with E-state index in [0.717, 1.165) is 0 Å². The highest BCUT2D eigenvalue weighted by Gasteiger charge is 2.14. The number of rotatable bonds is 12. The Balaban J connectivity index is 1.78. The van der Waals surface area contributed by atoms with E-state index in [1.54, 1.807) is 50.2 Å². The number of ether oxygens (including phenoxy) is 5. The summed E-state index contributed by atoms with van der Waals surface area (Å²) in [5.41, 5.74) is 1.03. The first-order valence-corrected chi connectivity index (χ1v) is 11.3. The zero-order chi connectivity index (χ0) is 25.2. The van der Waals surface area contributed by atoms with Gasteiger partial charge in [0.2, 0.25) is 0 Å². The van der Waals surface area contributed by atoms with Gasteiger partial charge in [0.1, 0.15) is 17.6 Å². The summed E-state index contributed by atoms with van der Waals surface area (Å²) in [6.07, 6.45) is 1.58. The van der Waals surface area contributed by atoms with Crippen LogP contribution in [0.15, 0.2) is 51.9 Å². The summed E-state index contributed by atoms with van der Waals surface area (Å²) in [6.45, 7) is 4.35. The highest BCUT2D eigenvalue weighted by Crippen LogP contribution is 2.32. The van der Waals surface area contributed by atoms with Crippen LogP contribution in [-0.2, 0) is 19.1 Å². The Bertz CT molecular complexity index is 1230. The van der Waals surface area contributed by atoms with Gasteiger partial charge in [-0.2, -0.15) is 0 Å². The number of esters is 2. The molecular weight excluding hydrogens is 456 g/mol. The molecule has 0 spiro atoms. The number of benzene rings is 2. The lowest BCUT2D eigenvalue weighted by Crippen LogP contribution is -2.10. The molecule has 0 aliphatic rings. The van der Waals surface area contributed by atoms with Crippen LogP contribution in [0.1, 0.15) is 26.7 Å². The molecule has 186 valence electrons. The standard InChI is InChI=1S/C26H28O9/c1-4-31-24(27)10-12-33-18-7-8-19-22(15-18)35-16-20(26(19)29)17-6-9-21(30-3)23(14-17)34-13-11-25(28)32-5-2/h6-9,14-16H,4-5,10-13H2,1-3H3. The number of fused-ring (bicyclic) bond motifs is 1. The van der Waals surface area contributed by atoms with Gasteiger partial charge < -0.3 is 28.1 Å². The average molecular weight is 485 g/mol. The number of methoxy groups -OCH3 is 1. The quantitative estimate of drug-likeness (QED) is 0.350. The molecule has 0 saturated heterocycles. The molecule has 0 amide bonds. The molecule has 3 aromatic rings. The first-order valence-electron chi connectivity index (χ1n) is 11.3. The van der Waals surface area contributed by atoms with Crippen LogP contribution in [0.4, 0.5) is 0 Å². The number of carbonyl (C=O) groups excluding carboxylic acids is 2. The number of hydrogen-bond acceptors (Lipinski definition) is 9. The molecular formula is C26H28O9. The molecule has 0 aliphatic carbocycles. The van der Waals surface area contributed by atoms with Crippen molar-refractivity contribution in [1.29, 1.82) is 0 Å². The van der Waals surface area contributed by atoms with E-state index in [0.29, 0.717) is 52.6 Å². The largest absolute Gasteiger partial charge is 0.493 e. The minimum absolute atomic E-state index is 0.0868. The molecule has 0 radical (unpaired) electrons. The van der Waals surface area contributed by atoms with Gasteiger partial charge in [-0.25, -0.2) is 0 Å². The Morgan fingerprint density at radius 1 is 0.857 bits per heavy atom. The maximum atomic E-state index is 13.2. The van der Waals surface area contributed by atoms with Gasteiger partial charge in [0, 0.05) is 6.07 Å². The van der Waals surface area contributed by atoms with Gasteiger partial charge in [-0.15, -0.1) is 0 Å². The van der Waals surface area contributed by atoms with E-state index in [1.165, 1.54) is 13.4 Å². The smallest absolute Gasteiger partial charge is 0.309 e. The second-order valence-electron chi connectivity index (χ2n) is 7.31. The van der Waals surface area contributed by atoms with Crippen molar-refractivity contribution in [1.82, 2.24) is 0 Å². The lowest BCUT2D eigenvalue weighted by Gasteiger charge is -2.12. The Labute approximate surface area is 202 Å². The summed E-state index contributed by atoms with van der Waals surface area (Å²) in [7, 11) is 1.50. The number of carbonyl (C=O) groups is 2. The summed E-state index contributed by atoms with van der Waals surface area (Å²) >= 11 is 0. The summed E-state index contributed by atoms with van der Waals surface area (Å²) < 4.78 is 32.1. The van der Waals surface area contributed by atoms with Crippen molar-refractivity contribution in [2.24, 2.45) is 0 Å². The topological polar surface area (TPSA) is 110 Å². The third kappa shape index (κ3) is 6.75. The highest BCUT2D eigenvalue weighted by molar-refractivity contribution is 5.83.